The highest BCUT2D eigenvalue weighted by Gasteiger charge is 2.22. The molecule has 0 bridgehead atoms. The highest BCUT2D eigenvalue weighted by molar-refractivity contribution is 7.89. The van der Waals surface area contributed by atoms with E-state index in [2.05, 4.69) is 4.72 Å². The van der Waals surface area contributed by atoms with E-state index in [4.69, 9.17) is 0 Å². The van der Waals surface area contributed by atoms with Gasteiger partial charge >= 0.3 is 0 Å². The average molecular weight is 311 g/mol. The molecule has 6 heteroatoms. The van der Waals surface area contributed by atoms with Crippen molar-refractivity contribution in [1.29, 1.82) is 0 Å². The predicted octanol–water partition coefficient (Wildman–Crippen LogP) is 3.31. The maximum Gasteiger partial charge on any atom is 0.244 e. The molecule has 2 aromatic carbocycles. The van der Waals surface area contributed by atoms with Gasteiger partial charge in [-0.15, -0.1) is 0 Å². The second-order valence-electron chi connectivity index (χ2n) is 4.83. The third-order valence-electron chi connectivity index (χ3n) is 3.09. The minimum absolute atomic E-state index is 0.557. The lowest BCUT2D eigenvalue weighted by Gasteiger charge is -2.15. The van der Waals surface area contributed by atoms with Crippen molar-refractivity contribution in [1.82, 2.24) is 4.72 Å². The van der Waals surface area contributed by atoms with E-state index in [1.54, 1.807) is 19.1 Å². The average Bonchev–Trinajstić information content (AvgIpc) is 2.41. The summed E-state index contributed by atoms with van der Waals surface area (Å²) >= 11 is 0. The van der Waals surface area contributed by atoms with Crippen LogP contribution in [0.2, 0.25) is 0 Å². The van der Waals surface area contributed by atoms with Crippen LogP contribution in [-0.4, -0.2) is 8.42 Å². The number of nitrogens with one attached hydrogen (secondary N) is 1. The molecular weight excluding hydrogens is 296 g/mol. The van der Waals surface area contributed by atoms with E-state index in [9.17, 15) is 17.2 Å². The van der Waals surface area contributed by atoms with E-state index in [1.807, 2.05) is 19.1 Å². The second-order valence-corrected chi connectivity index (χ2v) is 6.51. The monoisotopic (exact) mass is 311 g/mol. The van der Waals surface area contributed by atoms with E-state index in [-0.39, 0.29) is 0 Å². The molecule has 1 unspecified atom stereocenters. The van der Waals surface area contributed by atoms with Crippen LogP contribution in [0.1, 0.15) is 24.1 Å². The molecule has 3 nitrogen and oxygen atoms in total. The SMILES string of the molecule is Cc1ccc(C(C)NS(=O)(=O)c2cc(F)ccc2F)cc1. The van der Waals surface area contributed by atoms with Crippen LogP contribution >= 0.6 is 0 Å². The van der Waals surface area contributed by atoms with Crippen molar-refractivity contribution in [3.63, 3.8) is 0 Å². The summed E-state index contributed by atoms with van der Waals surface area (Å²) in [5, 5.41) is 0. The Bertz CT molecular complexity index is 743. The van der Waals surface area contributed by atoms with Gasteiger partial charge in [0.2, 0.25) is 10.0 Å². The number of sulfonamides is 1. The summed E-state index contributed by atoms with van der Waals surface area (Å²) < 4.78 is 53.3. The van der Waals surface area contributed by atoms with Crippen LogP contribution in [0.25, 0.3) is 0 Å². The van der Waals surface area contributed by atoms with Gasteiger partial charge < -0.3 is 0 Å². The zero-order chi connectivity index (χ0) is 15.6. The van der Waals surface area contributed by atoms with Gasteiger partial charge in [0.05, 0.1) is 0 Å². The first kappa shape index (κ1) is 15.6. The van der Waals surface area contributed by atoms with Crippen molar-refractivity contribution < 1.29 is 17.2 Å². The van der Waals surface area contributed by atoms with E-state index < -0.39 is 32.6 Å². The lowest BCUT2D eigenvalue weighted by molar-refractivity contribution is 0.538. The van der Waals surface area contributed by atoms with Gasteiger partial charge in [-0.25, -0.2) is 21.9 Å². The van der Waals surface area contributed by atoms with Crippen LogP contribution in [0.4, 0.5) is 8.78 Å². The van der Waals surface area contributed by atoms with Gasteiger partial charge in [0, 0.05) is 6.04 Å². The number of hydrogen-bond acceptors (Lipinski definition) is 2. The van der Waals surface area contributed by atoms with E-state index >= 15 is 0 Å². The Morgan fingerprint density at radius 1 is 1.05 bits per heavy atom. The van der Waals surface area contributed by atoms with Crippen LogP contribution in [0.3, 0.4) is 0 Å². The van der Waals surface area contributed by atoms with Gasteiger partial charge in [0.25, 0.3) is 0 Å². The fraction of sp³-hybridized carbons (Fsp3) is 0.200. The Morgan fingerprint density at radius 3 is 2.29 bits per heavy atom. The molecular formula is C15H15F2NO2S. The normalized spacial score (nSPS) is 13.1. The topological polar surface area (TPSA) is 46.2 Å². The molecule has 0 amide bonds. The number of benzene rings is 2. The van der Waals surface area contributed by atoms with E-state index in [0.29, 0.717) is 6.07 Å². The third kappa shape index (κ3) is 3.65. The smallest absolute Gasteiger partial charge is 0.207 e. The molecule has 0 saturated carbocycles. The quantitative estimate of drug-likeness (QED) is 0.941. The molecule has 0 aliphatic heterocycles. The third-order valence-corrected chi connectivity index (χ3v) is 4.65. The van der Waals surface area contributed by atoms with Crippen molar-refractivity contribution >= 4 is 10.0 Å². The molecule has 0 radical (unpaired) electrons. The van der Waals surface area contributed by atoms with E-state index in [0.717, 1.165) is 23.3 Å². The molecule has 0 fully saturated rings. The Balaban J connectivity index is 2.28. The van der Waals surface area contributed by atoms with Crippen molar-refractivity contribution in [2.75, 3.05) is 0 Å². The minimum atomic E-state index is -4.14. The minimum Gasteiger partial charge on any atom is -0.207 e. The van der Waals surface area contributed by atoms with Crippen LogP contribution in [0, 0.1) is 18.6 Å². The summed E-state index contributed by atoms with van der Waals surface area (Å²) in [5.41, 5.74) is 1.78. The van der Waals surface area contributed by atoms with Crippen LogP contribution in [0.15, 0.2) is 47.4 Å². The Kier molecular flexibility index (Phi) is 4.39. The van der Waals surface area contributed by atoms with Crippen molar-refractivity contribution in [2.24, 2.45) is 0 Å². The summed E-state index contributed by atoms with van der Waals surface area (Å²) in [6.07, 6.45) is 0. The van der Waals surface area contributed by atoms with Gasteiger partial charge in [-0.2, -0.15) is 0 Å². The fourth-order valence-electron chi connectivity index (χ4n) is 1.90. The lowest BCUT2D eigenvalue weighted by atomic mass is 10.1. The molecule has 0 heterocycles. The van der Waals surface area contributed by atoms with Crippen LogP contribution in [-0.2, 0) is 10.0 Å². The molecule has 1 N–H and O–H groups in total. The Labute approximate surface area is 122 Å². The molecule has 0 saturated heterocycles. The highest BCUT2D eigenvalue weighted by atomic mass is 32.2. The van der Waals surface area contributed by atoms with Gasteiger partial charge in [-0.1, -0.05) is 29.8 Å². The van der Waals surface area contributed by atoms with Crippen LogP contribution in [0.5, 0.6) is 0 Å². The summed E-state index contributed by atoms with van der Waals surface area (Å²) in [6, 6.07) is 9.04. The lowest BCUT2D eigenvalue weighted by Crippen LogP contribution is -2.27. The van der Waals surface area contributed by atoms with Gasteiger partial charge in [-0.05, 0) is 37.6 Å². The molecule has 0 aromatic heterocycles. The van der Waals surface area contributed by atoms with Crippen LogP contribution < -0.4 is 4.72 Å². The number of aryl methyl sites for hydroxylation is 1. The van der Waals surface area contributed by atoms with Crippen molar-refractivity contribution in [3.05, 3.63) is 65.2 Å². The van der Waals surface area contributed by atoms with Gasteiger partial charge in [0.1, 0.15) is 16.5 Å². The van der Waals surface area contributed by atoms with Crippen molar-refractivity contribution in [2.45, 2.75) is 24.8 Å². The maximum atomic E-state index is 13.6. The zero-order valence-corrected chi connectivity index (χ0v) is 12.4. The first-order valence-electron chi connectivity index (χ1n) is 6.33. The summed E-state index contributed by atoms with van der Waals surface area (Å²) in [4.78, 5) is -0.693. The number of hydrogen-bond donors (Lipinski definition) is 1. The molecule has 21 heavy (non-hydrogen) atoms. The van der Waals surface area contributed by atoms with Crippen molar-refractivity contribution in [3.8, 4) is 0 Å². The van der Waals surface area contributed by atoms with Gasteiger partial charge in [0.15, 0.2) is 0 Å². The first-order valence-corrected chi connectivity index (χ1v) is 7.82. The summed E-state index contributed by atoms with van der Waals surface area (Å²) in [7, 11) is -4.14. The second kappa shape index (κ2) is 5.91. The standard InChI is InChI=1S/C15H15F2NO2S/c1-10-3-5-12(6-4-10)11(2)18-21(19,20)15-9-13(16)7-8-14(15)17/h3-9,11,18H,1-2H3. The van der Waals surface area contributed by atoms with Gasteiger partial charge in [-0.3, -0.25) is 0 Å². The molecule has 0 aliphatic carbocycles. The molecule has 0 spiro atoms. The molecule has 2 aromatic rings. The molecule has 1 atom stereocenters. The summed E-state index contributed by atoms with van der Waals surface area (Å²) in [6.45, 7) is 3.56. The predicted molar refractivity (Wildman–Crippen MR) is 76.3 cm³/mol. The zero-order valence-electron chi connectivity index (χ0n) is 11.6. The Hall–Kier alpha value is -1.79. The number of rotatable bonds is 4. The highest BCUT2D eigenvalue weighted by Crippen LogP contribution is 2.20. The maximum absolute atomic E-state index is 13.6. The largest absolute Gasteiger partial charge is 0.244 e. The summed E-state index contributed by atoms with van der Waals surface area (Å²) in [5.74, 6) is -1.79. The molecule has 2 rings (SSSR count). The fourth-order valence-corrected chi connectivity index (χ4v) is 3.22. The molecule has 0 aliphatic rings. The van der Waals surface area contributed by atoms with E-state index in [1.165, 1.54) is 0 Å². The number of halogens is 2. The molecule has 112 valence electrons. The Morgan fingerprint density at radius 2 is 1.67 bits per heavy atom. The first-order chi connectivity index (χ1) is 9.79.